The molecule has 25 heavy (non-hydrogen) atoms. The number of ether oxygens (including phenoxy) is 1. The van der Waals surface area contributed by atoms with Gasteiger partial charge in [0.25, 0.3) is 0 Å². The van der Waals surface area contributed by atoms with Crippen molar-refractivity contribution in [3.05, 3.63) is 35.9 Å². The molecule has 2 aliphatic rings. The molecule has 3 N–H and O–H groups in total. The lowest BCUT2D eigenvalue weighted by atomic mass is 9.60. The van der Waals surface area contributed by atoms with Gasteiger partial charge in [-0.3, -0.25) is 4.79 Å². The number of hydrogen-bond acceptors (Lipinski definition) is 3. The fourth-order valence-electron chi connectivity index (χ4n) is 4.52. The zero-order valence-electron chi connectivity index (χ0n) is 15.2. The topological polar surface area (TPSA) is 64.3 Å². The lowest BCUT2D eigenvalue weighted by Crippen LogP contribution is -2.64. The van der Waals surface area contributed by atoms with Crippen LogP contribution < -0.4 is 11.1 Å². The lowest BCUT2D eigenvalue weighted by molar-refractivity contribution is -0.146. The fraction of sp³-hybridized carbons (Fsp3) is 0.650. The van der Waals surface area contributed by atoms with Crippen molar-refractivity contribution < 1.29 is 9.53 Å². The van der Waals surface area contributed by atoms with Crippen LogP contribution in [-0.2, 0) is 9.53 Å². The molecule has 4 unspecified atom stereocenters. The molecule has 0 heterocycles. The average molecular weight is 367 g/mol. The summed E-state index contributed by atoms with van der Waals surface area (Å²) in [6, 6.07) is 9.84. The van der Waals surface area contributed by atoms with Gasteiger partial charge in [-0.2, -0.15) is 0 Å². The van der Waals surface area contributed by atoms with Crippen molar-refractivity contribution in [3.63, 3.8) is 0 Å². The molecule has 0 saturated heterocycles. The van der Waals surface area contributed by atoms with E-state index in [4.69, 9.17) is 10.5 Å². The van der Waals surface area contributed by atoms with Gasteiger partial charge in [0, 0.05) is 24.1 Å². The van der Waals surface area contributed by atoms with Crippen LogP contribution in [0.4, 0.5) is 0 Å². The molecule has 4 atom stereocenters. The largest absolute Gasteiger partial charge is 0.378 e. The molecule has 3 rings (SSSR count). The number of carbonyl (C=O) groups excluding carboxylic acids is 1. The molecule has 0 bridgehead atoms. The fourth-order valence-corrected chi connectivity index (χ4v) is 4.52. The first-order valence-electron chi connectivity index (χ1n) is 9.31. The minimum absolute atomic E-state index is 0. The highest BCUT2D eigenvalue weighted by Gasteiger charge is 2.57. The van der Waals surface area contributed by atoms with Crippen LogP contribution in [0.5, 0.6) is 0 Å². The molecule has 4 nitrogen and oxygen atoms in total. The van der Waals surface area contributed by atoms with E-state index in [0.29, 0.717) is 6.10 Å². The standard InChI is InChI=1S/C20H30N2O2.ClH/c1-3-24-17-13-16(20(17)11-7-8-12-20)22-19(23)14(2)18(21)15-9-5-4-6-10-15;/h4-6,9-10,14,16-18H,3,7-8,11-13,21H2,1-2H3,(H,22,23);1H. The van der Waals surface area contributed by atoms with Crippen molar-refractivity contribution in [2.24, 2.45) is 17.1 Å². The van der Waals surface area contributed by atoms with Crippen molar-refractivity contribution in [2.45, 2.75) is 64.1 Å². The van der Waals surface area contributed by atoms with Gasteiger partial charge in [-0.05, 0) is 31.7 Å². The highest BCUT2D eigenvalue weighted by atomic mass is 35.5. The molecule has 2 aliphatic carbocycles. The summed E-state index contributed by atoms with van der Waals surface area (Å²) in [5, 5.41) is 3.29. The Morgan fingerprint density at radius 1 is 1.32 bits per heavy atom. The zero-order valence-corrected chi connectivity index (χ0v) is 16.1. The molecule has 1 spiro atoms. The van der Waals surface area contributed by atoms with Gasteiger partial charge in [0.15, 0.2) is 0 Å². The average Bonchev–Trinajstić information content (AvgIpc) is 3.13. The van der Waals surface area contributed by atoms with E-state index in [9.17, 15) is 4.79 Å². The van der Waals surface area contributed by atoms with Crippen LogP contribution in [0.25, 0.3) is 0 Å². The number of halogens is 1. The minimum atomic E-state index is -0.270. The quantitative estimate of drug-likeness (QED) is 0.808. The van der Waals surface area contributed by atoms with E-state index in [1.807, 2.05) is 37.3 Å². The Morgan fingerprint density at radius 2 is 1.96 bits per heavy atom. The molecular formula is C20H31ClN2O2. The maximum absolute atomic E-state index is 12.7. The third-order valence-electron chi connectivity index (χ3n) is 6.14. The number of rotatable bonds is 6. The summed E-state index contributed by atoms with van der Waals surface area (Å²) in [4.78, 5) is 12.7. The summed E-state index contributed by atoms with van der Waals surface area (Å²) >= 11 is 0. The van der Waals surface area contributed by atoms with Crippen molar-refractivity contribution >= 4 is 18.3 Å². The van der Waals surface area contributed by atoms with E-state index >= 15 is 0 Å². The van der Waals surface area contributed by atoms with Gasteiger partial charge in [-0.25, -0.2) is 0 Å². The lowest BCUT2D eigenvalue weighted by Gasteiger charge is -2.54. The minimum Gasteiger partial charge on any atom is -0.378 e. The van der Waals surface area contributed by atoms with Gasteiger partial charge >= 0.3 is 0 Å². The first-order valence-corrected chi connectivity index (χ1v) is 9.31. The first kappa shape index (κ1) is 20.2. The summed E-state index contributed by atoms with van der Waals surface area (Å²) in [6.45, 7) is 4.73. The van der Waals surface area contributed by atoms with E-state index < -0.39 is 0 Å². The monoisotopic (exact) mass is 366 g/mol. The maximum atomic E-state index is 12.7. The Bertz CT molecular complexity index is 560. The Balaban J connectivity index is 0.00000225. The number of carbonyl (C=O) groups is 1. The Morgan fingerprint density at radius 3 is 2.56 bits per heavy atom. The normalized spacial score (nSPS) is 26.4. The van der Waals surface area contributed by atoms with Gasteiger partial charge in [0.2, 0.25) is 5.91 Å². The Hall–Kier alpha value is -1.10. The van der Waals surface area contributed by atoms with Crippen molar-refractivity contribution in [1.29, 1.82) is 0 Å². The molecule has 5 heteroatoms. The number of benzene rings is 1. The summed E-state index contributed by atoms with van der Waals surface area (Å²) in [5.74, 6) is -0.172. The number of amides is 1. The van der Waals surface area contributed by atoms with Crippen LogP contribution in [0.1, 0.15) is 57.6 Å². The summed E-state index contributed by atoms with van der Waals surface area (Å²) in [5.41, 5.74) is 7.49. The van der Waals surface area contributed by atoms with Gasteiger partial charge < -0.3 is 15.8 Å². The summed E-state index contributed by atoms with van der Waals surface area (Å²) in [6.07, 6.45) is 6.08. The third-order valence-corrected chi connectivity index (χ3v) is 6.14. The van der Waals surface area contributed by atoms with Crippen molar-refractivity contribution in [1.82, 2.24) is 5.32 Å². The molecule has 2 saturated carbocycles. The molecule has 1 aromatic carbocycles. The Kier molecular flexibility index (Phi) is 6.89. The van der Waals surface area contributed by atoms with Crippen LogP contribution in [0, 0.1) is 11.3 Å². The maximum Gasteiger partial charge on any atom is 0.224 e. The van der Waals surface area contributed by atoms with E-state index in [-0.39, 0.29) is 41.7 Å². The molecule has 0 aromatic heterocycles. The first-order chi connectivity index (χ1) is 11.6. The zero-order chi connectivity index (χ0) is 17.2. The number of nitrogens with one attached hydrogen (secondary N) is 1. The highest BCUT2D eigenvalue weighted by molar-refractivity contribution is 5.85. The predicted octanol–water partition coefficient (Wildman–Crippen LogP) is 3.60. The van der Waals surface area contributed by atoms with Crippen molar-refractivity contribution in [2.75, 3.05) is 6.61 Å². The van der Waals surface area contributed by atoms with Gasteiger partial charge in [-0.15, -0.1) is 12.4 Å². The van der Waals surface area contributed by atoms with Crippen LogP contribution in [0.2, 0.25) is 0 Å². The van der Waals surface area contributed by atoms with Gasteiger partial charge in [-0.1, -0.05) is 50.1 Å². The highest BCUT2D eigenvalue weighted by Crippen LogP contribution is 2.54. The molecule has 0 radical (unpaired) electrons. The van der Waals surface area contributed by atoms with Crippen molar-refractivity contribution in [3.8, 4) is 0 Å². The molecule has 1 amide bonds. The third kappa shape index (κ3) is 3.86. The molecule has 0 aliphatic heterocycles. The molecular weight excluding hydrogens is 336 g/mol. The van der Waals surface area contributed by atoms with E-state index in [0.717, 1.165) is 18.6 Å². The summed E-state index contributed by atoms with van der Waals surface area (Å²) in [7, 11) is 0. The van der Waals surface area contributed by atoms with Crippen LogP contribution in [0.3, 0.4) is 0 Å². The van der Waals surface area contributed by atoms with Crippen LogP contribution in [-0.4, -0.2) is 24.7 Å². The molecule has 1 aromatic rings. The second kappa shape index (κ2) is 8.52. The van der Waals surface area contributed by atoms with E-state index in [2.05, 4.69) is 12.2 Å². The Labute approximate surface area is 157 Å². The van der Waals surface area contributed by atoms with E-state index in [1.54, 1.807) is 0 Å². The number of nitrogens with two attached hydrogens (primary N) is 1. The second-order valence-corrected chi connectivity index (χ2v) is 7.41. The molecule has 2 fully saturated rings. The number of hydrogen-bond donors (Lipinski definition) is 2. The smallest absolute Gasteiger partial charge is 0.224 e. The summed E-state index contributed by atoms with van der Waals surface area (Å²) < 4.78 is 5.93. The predicted molar refractivity (Wildman–Crippen MR) is 103 cm³/mol. The molecule has 140 valence electrons. The SMILES string of the molecule is CCOC1CC(NC(=O)C(C)C(N)c2ccccc2)C12CCCC2.Cl. The van der Waals surface area contributed by atoms with Gasteiger partial charge in [0.05, 0.1) is 12.0 Å². The van der Waals surface area contributed by atoms with Gasteiger partial charge in [0.1, 0.15) is 0 Å². The van der Waals surface area contributed by atoms with Crippen LogP contribution >= 0.6 is 12.4 Å². The second-order valence-electron chi connectivity index (χ2n) is 7.41. The van der Waals surface area contributed by atoms with E-state index in [1.165, 1.54) is 25.7 Å². The van der Waals surface area contributed by atoms with Crippen LogP contribution in [0.15, 0.2) is 30.3 Å².